The first kappa shape index (κ1) is 21.7. The van der Waals surface area contributed by atoms with Gasteiger partial charge in [-0.2, -0.15) is 0 Å². The Morgan fingerprint density at radius 3 is 1.97 bits per heavy atom. The minimum absolute atomic E-state index is 0.117. The van der Waals surface area contributed by atoms with Gasteiger partial charge in [-0.1, -0.05) is 24.3 Å². The first-order chi connectivity index (χ1) is 14.0. The number of hydrogen-bond acceptors (Lipinski definition) is 4. The van der Waals surface area contributed by atoms with Crippen molar-refractivity contribution in [2.24, 2.45) is 0 Å². The van der Waals surface area contributed by atoms with E-state index in [4.69, 9.17) is 0 Å². The van der Waals surface area contributed by atoms with Crippen LogP contribution in [0.3, 0.4) is 0 Å². The van der Waals surface area contributed by atoms with E-state index in [1.54, 1.807) is 25.1 Å². The molecule has 0 aliphatic heterocycles. The SMILES string of the molecule is Cc1cccc(NS(=O)(=O)c2cc(NS(=O)(=O)c3cccc(F)c3F)ccc2C)c1. The molecule has 0 aliphatic carbocycles. The Balaban J connectivity index is 1.96. The third-order valence-corrected chi connectivity index (χ3v) is 7.13. The van der Waals surface area contributed by atoms with Crippen molar-refractivity contribution >= 4 is 31.4 Å². The average molecular weight is 453 g/mol. The molecular weight excluding hydrogens is 434 g/mol. The van der Waals surface area contributed by atoms with Crippen molar-refractivity contribution in [2.45, 2.75) is 23.6 Å². The van der Waals surface area contributed by atoms with Crippen LogP contribution in [0.4, 0.5) is 20.2 Å². The van der Waals surface area contributed by atoms with Gasteiger partial charge in [0.05, 0.1) is 10.6 Å². The van der Waals surface area contributed by atoms with Gasteiger partial charge in [0.2, 0.25) is 0 Å². The molecule has 0 bridgehead atoms. The number of aryl methyl sites for hydroxylation is 2. The quantitative estimate of drug-likeness (QED) is 0.587. The molecule has 0 spiro atoms. The van der Waals surface area contributed by atoms with E-state index in [0.29, 0.717) is 11.3 Å². The first-order valence-corrected chi connectivity index (χ1v) is 11.6. The van der Waals surface area contributed by atoms with Gasteiger partial charge in [0.1, 0.15) is 4.90 Å². The fraction of sp³-hybridized carbons (Fsp3) is 0.100. The van der Waals surface area contributed by atoms with Gasteiger partial charge in [0.25, 0.3) is 20.0 Å². The van der Waals surface area contributed by atoms with Crippen molar-refractivity contribution in [1.82, 2.24) is 0 Å². The minimum atomic E-state index is -4.49. The molecule has 158 valence electrons. The van der Waals surface area contributed by atoms with E-state index in [0.717, 1.165) is 29.8 Å². The molecule has 10 heteroatoms. The molecule has 30 heavy (non-hydrogen) atoms. The summed E-state index contributed by atoms with van der Waals surface area (Å²) in [6.45, 7) is 3.36. The van der Waals surface area contributed by atoms with Gasteiger partial charge in [-0.3, -0.25) is 9.44 Å². The summed E-state index contributed by atoms with van der Waals surface area (Å²) in [4.78, 5) is -1.05. The minimum Gasteiger partial charge on any atom is -0.280 e. The number of anilines is 2. The summed E-state index contributed by atoms with van der Waals surface area (Å²) in [5.74, 6) is -2.83. The summed E-state index contributed by atoms with van der Waals surface area (Å²) in [5, 5.41) is 0. The third-order valence-electron chi connectivity index (χ3n) is 4.21. The van der Waals surface area contributed by atoms with Crippen LogP contribution >= 0.6 is 0 Å². The molecule has 0 amide bonds. The van der Waals surface area contributed by atoms with E-state index in [1.807, 2.05) is 13.0 Å². The Morgan fingerprint density at radius 1 is 0.700 bits per heavy atom. The lowest BCUT2D eigenvalue weighted by atomic mass is 10.2. The summed E-state index contributed by atoms with van der Waals surface area (Å²) >= 11 is 0. The monoisotopic (exact) mass is 452 g/mol. The summed E-state index contributed by atoms with van der Waals surface area (Å²) in [5.41, 5.74) is 1.46. The molecule has 0 saturated heterocycles. The van der Waals surface area contributed by atoms with Crippen LogP contribution in [0.15, 0.2) is 70.5 Å². The number of sulfonamides is 2. The largest absolute Gasteiger partial charge is 0.280 e. The fourth-order valence-electron chi connectivity index (χ4n) is 2.77. The lowest BCUT2D eigenvalue weighted by Crippen LogP contribution is -2.17. The van der Waals surface area contributed by atoms with E-state index in [-0.39, 0.29) is 10.6 Å². The van der Waals surface area contributed by atoms with Gasteiger partial charge in [-0.05, 0) is 61.4 Å². The molecule has 3 rings (SSSR count). The van der Waals surface area contributed by atoms with Gasteiger partial charge >= 0.3 is 0 Å². The zero-order valence-electron chi connectivity index (χ0n) is 16.0. The van der Waals surface area contributed by atoms with Crippen molar-refractivity contribution in [3.8, 4) is 0 Å². The molecule has 0 saturated carbocycles. The molecule has 0 aliphatic rings. The van der Waals surface area contributed by atoms with Crippen molar-refractivity contribution in [3.05, 3.63) is 83.4 Å². The lowest BCUT2D eigenvalue weighted by Gasteiger charge is -2.14. The van der Waals surface area contributed by atoms with Crippen LogP contribution in [0, 0.1) is 25.5 Å². The van der Waals surface area contributed by atoms with Crippen molar-refractivity contribution in [1.29, 1.82) is 0 Å². The van der Waals surface area contributed by atoms with E-state index >= 15 is 0 Å². The van der Waals surface area contributed by atoms with Crippen LogP contribution < -0.4 is 9.44 Å². The van der Waals surface area contributed by atoms with Gasteiger partial charge < -0.3 is 0 Å². The molecule has 0 heterocycles. The number of halogens is 2. The Bertz CT molecular complexity index is 1320. The highest BCUT2D eigenvalue weighted by molar-refractivity contribution is 7.93. The second-order valence-corrected chi connectivity index (χ2v) is 9.91. The standard InChI is InChI=1S/C20H18F2N2O4S2/c1-13-5-3-6-15(11-13)23-30(27,28)19-12-16(10-9-14(19)2)24-29(25,26)18-8-4-7-17(21)20(18)22/h3-12,23-24H,1-2H3. The Morgan fingerprint density at radius 2 is 1.30 bits per heavy atom. The highest BCUT2D eigenvalue weighted by atomic mass is 32.2. The summed E-state index contributed by atoms with van der Waals surface area (Å²) in [6.07, 6.45) is 0. The highest BCUT2D eigenvalue weighted by Gasteiger charge is 2.23. The van der Waals surface area contributed by atoms with Crippen LogP contribution in [-0.2, 0) is 20.0 Å². The maximum Gasteiger partial charge on any atom is 0.264 e. The molecule has 0 unspecified atom stereocenters. The summed E-state index contributed by atoms with van der Waals surface area (Å²) in [6, 6.07) is 13.3. The van der Waals surface area contributed by atoms with Gasteiger partial charge in [0, 0.05) is 5.69 Å². The number of rotatable bonds is 6. The van der Waals surface area contributed by atoms with Gasteiger partial charge in [0.15, 0.2) is 11.6 Å². The first-order valence-electron chi connectivity index (χ1n) is 8.66. The van der Waals surface area contributed by atoms with E-state index in [1.165, 1.54) is 12.1 Å². The molecule has 0 radical (unpaired) electrons. The van der Waals surface area contributed by atoms with Crippen LogP contribution in [0.25, 0.3) is 0 Å². The zero-order chi connectivity index (χ0) is 22.1. The lowest BCUT2D eigenvalue weighted by molar-refractivity contribution is 0.485. The van der Waals surface area contributed by atoms with E-state index in [9.17, 15) is 25.6 Å². The molecule has 3 aromatic carbocycles. The predicted octanol–water partition coefficient (Wildman–Crippen LogP) is 4.18. The summed E-state index contributed by atoms with van der Waals surface area (Å²) < 4.78 is 82.4. The Kier molecular flexibility index (Phi) is 5.82. The molecular formula is C20H18F2N2O4S2. The number of benzene rings is 3. The molecule has 3 aromatic rings. The number of nitrogens with one attached hydrogen (secondary N) is 2. The molecule has 6 nitrogen and oxygen atoms in total. The molecule has 2 N–H and O–H groups in total. The van der Waals surface area contributed by atoms with Crippen molar-refractivity contribution in [3.63, 3.8) is 0 Å². The van der Waals surface area contributed by atoms with E-state index in [2.05, 4.69) is 9.44 Å². The second-order valence-electron chi connectivity index (χ2n) is 6.61. The highest BCUT2D eigenvalue weighted by Crippen LogP contribution is 2.26. The maximum atomic E-state index is 13.9. The van der Waals surface area contributed by atoms with Crippen LogP contribution in [0.1, 0.15) is 11.1 Å². The molecule has 0 atom stereocenters. The predicted molar refractivity (Wildman–Crippen MR) is 110 cm³/mol. The molecule has 0 aromatic heterocycles. The average Bonchev–Trinajstić information content (AvgIpc) is 2.64. The van der Waals surface area contributed by atoms with Crippen LogP contribution in [-0.4, -0.2) is 16.8 Å². The zero-order valence-corrected chi connectivity index (χ0v) is 17.6. The van der Waals surface area contributed by atoms with Gasteiger partial charge in [-0.25, -0.2) is 25.6 Å². The van der Waals surface area contributed by atoms with E-state index < -0.39 is 36.6 Å². The Labute approximate surface area is 173 Å². The fourth-order valence-corrected chi connectivity index (χ4v) is 5.23. The van der Waals surface area contributed by atoms with Crippen LogP contribution in [0.2, 0.25) is 0 Å². The van der Waals surface area contributed by atoms with Crippen molar-refractivity contribution < 1.29 is 25.6 Å². The second kappa shape index (κ2) is 8.04. The molecule has 0 fully saturated rings. The normalized spacial score (nSPS) is 11.9. The van der Waals surface area contributed by atoms with Crippen LogP contribution in [0.5, 0.6) is 0 Å². The third kappa shape index (κ3) is 4.60. The summed E-state index contributed by atoms with van der Waals surface area (Å²) in [7, 11) is -8.52. The number of hydrogen-bond donors (Lipinski definition) is 2. The topological polar surface area (TPSA) is 92.3 Å². The van der Waals surface area contributed by atoms with Crippen molar-refractivity contribution in [2.75, 3.05) is 9.44 Å². The smallest absolute Gasteiger partial charge is 0.264 e. The maximum absolute atomic E-state index is 13.9. The Hall–Kier alpha value is -2.98. The van der Waals surface area contributed by atoms with Gasteiger partial charge in [-0.15, -0.1) is 0 Å².